The highest BCUT2D eigenvalue weighted by Crippen LogP contribution is 2.29. The van der Waals surface area contributed by atoms with Crippen LogP contribution >= 0.6 is 11.3 Å². The van der Waals surface area contributed by atoms with Crippen LogP contribution in [0.5, 0.6) is 0 Å². The number of rotatable bonds is 6. The van der Waals surface area contributed by atoms with E-state index in [2.05, 4.69) is 27.0 Å². The number of nitrogens with zero attached hydrogens (tertiary/aromatic N) is 1. The van der Waals surface area contributed by atoms with Gasteiger partial charge in [-0.3, -0.25) is 4.90 Å². The highest BCUT2D eigenvalue weighted by molar-refractivity contribution is 7.07. The van der Waals surface area contributed by atoms with Gasteiger partial charge in [-0.05, 0) is 61.0 Å². The Bertz CT molecular complexity index is 326. The fourth-order valence-corrected chi connectivity index (χ4v) is 3.43. The van der Waals surface area contributed by atoms with Gasteiger partial charge in [0.1, 0.15) is 0 Å². The number of thiophene rings is 1. The molecule has 0 spiro atoms. The van der Waals surface area contributed by atoms with Crippen LogP contribution in [-0.4, -0.2) is 30.1 Å². The molecule has 2 heterocycles. The average Bonchev–Trinajstić information content (AvgIpc) is 2.85. The van der Waals surface area contributed by atoms with Crippen LogP contribution in [0.2, 0.25) is 0 Å². The van der Waals surface area contributed by atoms with E-state index in [0.717, 1.165) is 12.1 Å². The van der Waals surface area contributed by atoms with Crippen LogP contribution in [0.15, 0.2) is 16.8 Å². The minimum atomic E-state index is 0.790. The lowest BCUT2D eigenvalue weighted by Crippen LogP contribution is -2.31. The van der Waals surface area contributed by atoms with Gasteiger partial charge in [0.2, 0.25) is 0 Å². The molecular formula is C14H22N2S. The first-order chi connectivity index (χ1) is 8.42. The van der Waals surface area contributed by atoms with E-state index in [0.29, 0.717) is 0 Å². The summed E-state index contributed by atoms with van der Waals surface area (Å²) < 4.78 is 0. The van der Waals surface area contributed by atoms with Gasteiger partial charge < -0.3 is 5.32 Å². The average molecular weight is 250 g/mol. The molecule has 1 unspecified atom stereocenters. The molecule has 1 aliphatic heterocycles. The molecule has 1 saturated carbocycles. The highest BCUT2D eigenvalue weighted by Gasteiger charge is 2.29. The maximum atomic E-state index is 3.61. The van der Waals surface area contributed by atoms with Crippen molar-refractivity contribution in [3.05, 3.63) is 22.4 Å². The molecule has 0 radical (unpaired) electrons. The number of nitrogens with one attached hydrogen (secondary N) is 1. The summed E-state index contributed by atoms with van der Waals surface area (Å²) in [4.78, 5) is 2.70. The summed E-state index contributed by atoms with van der Waals surface area (Å²) >= 11 is 1.82. The van der Waals surface area contributed by atoms with Crippen molar-refractivity contribution in [2.45, 2.75) is 50.7 Å². The zero-order chi connectivity index (χ0) is 11.5. The van der Waals surface area contributed by atoms with Crippen LogP contribution < -0.4 is 5.32 Å². The van der Waals surface area contributed by atoms with Gasteiger partial charge in [0.15, 0.2) is 0 Å². The Kier molecular flexibility index (Phi) is 3.79. The second-order valence-electron chi connectivity index (χ2n) is 5.42. The zero-order valence-electron chi connectivity index (χ0n) is 10.4. The SMILES string of the molecule is c1cc(CN(CCC2CCCN2)C2CC2)cs1. The van der Waals surface area contributed by atoms with Crippen molar-refractivity contribution in [2.75, 3.05) is 13.1 Å². The Morgan fingerprint density at radius 1 is 1.35 bits per heavy atom. The third-order valence-electron chi connectivity index (χ3n) is 3.96. The maximum absolute atomic E-state index is 3.61. The van der Waals surface area contributed by atoms with Crippen molar-refractivity contribution < 1.29 is 0 Å². The van der Waals surface area contributed by atoms with Gasteiger partial charge in [-0.1, -0.05) is 0 Å². The van der Waals surface area contributed by atoms with Gasteiger partial charge in [0.05, 0.1) is 0 Å². The summed E-state index contributed by atoms with van der Waals surface area (Å²) in [5.74, 6) is 0. The molecule has 3 rings (SSSR count). The Hall–Kier alpha value is -0.380. The fraction of sp³-hybridized carbons (Fsp3) is 0.714. The van der Waals surface area contributed by atoms with E-state index in [1.807, 2.05) is 11.3 Å². The summed E-state index contributed by atoms with van der Waals surface area (Å²) in [5.41, 5.74) is 1.50. The predicted molar refractivity (Wildman–Crippen MR) is 73.4 cm³/mol. The molecule has 1 atom stereocenters. The third kappa shape index (κ3) is 3.30. The topological polar surface area (TPSA) is 15.3 Å². The van der Waals surface area contributed by atoms with Crippen LogP contribution in [0.1, 0.15) is 37.7 Å². The van der Waals surface area contributed by atoms with E-state index in [1.165, 1.54) is 57.3 Å². The van der Waals surface area contributed by atoms with Crippen LogP contribution in [0.25, 0.3) is 0 Å². The molecule has 1 N–H and O–H groups in total. The molecule has 1 aliphatic carbocycles. The van der Waals surface area contributed by atoms with E-state index in [4.69, 9.17) is 0 Å². The van der Waals surface area contributed by atoms with Gasteiger partial charge in [-0.25, -0.2) is 0 Å². The molecule has 0 bridgehead atoms. The fourth-order valence-electron chi connectivity index (χ4n) is 2.77. The van der Waals surface area contributed by atoms with Gasteiger partial charge >= 0.3 is 0 Å². The molecule has 1 aromatic rings. The van der Waals surface area contributed by atoms with Crippen molar-refractivity contribution in [3.8, 4) is 0 Å². The Morgan fingerprint density at radius 2 is 2.29 bits per heavy atom. The van der Waals surface area contributed by atoms with E-state index < -0.39 is 0 Å². The first-order valence-electron chi connectivity index (χ1n) is 6.90. The van der Waals surface area contributed by atoms with Crippen LogP contribution in [0.3, 0.4) is 0 Å². The van der Waals surface area contributed by atoms with Crippen LogP contribution in [0, 0.1) is 0 Å². The van der Waals surface area contributed by atoms with Gasteiger partial charge in [-0.2, -0.15) is 11.3 Å². The van der Waals surface area contributed by atoms with Crippen molar-refractivity contribution in [2.24, 2.45) is 0 Å². The lowest BCUT2D eigenvalue weighted by atomic mass is 10.1. The Balaban J connectivity index is 1.49. The molecule has 1 saturated heterocycles. The summed E-state index contributed by atoms with van der Waals surface area (Å²) in [5, 5.41) is 8.09. The van der Waals surface area contributed by atoms with Crippen molar-refractivity contribution >= 4 is 11.3 Å². The molecule has 3 heteroatoms. The van der Waals surface area contributed by atoms with Gasteiger partial charge in [0, 0.05) is 25.2 Å². The van der Waals surface area contributed by atoms with Crippen molar-refractivity contribution in [1.82, 2.24) is 10.2 Å². The van der Waals surface area contributed by atoms with Crippen LogP contribution in [-0.2, 0) is 6.54 Å². The molecule has 17 heavy (non-hydrogen) atoms. The summed E-state index contributed by atoms with van der Waals surface area (Å²) in [6, 6.07) is 3.95. The Labute approximate surface area is 108 Å². The molecule has 0 amide bonds. The van der Waals surface area contributed by atoms with E-state index >= 15 is 0 Å². The standard InChI is InChI=1S/C14H22N2S/c1-2-13(15-7-1)5-8-16(14-3-4-14)10-12-6-9-17-11-12/h6,9,11,13-15H,1-5,7-8,10H2. The summed E-state index contributed by atoms with van der Waals surface area (Å²) in [6.45, 7) is 3.68. The molecular weight excluding hydrogens is 228 g/mol. The van der Waals surface area contributed by atoms with Gasteiger partial charge in [-0.15, -0.1) is 0 Å². The molecule has 2 nitrogen and oxygen atoms in total. The Morgan fingerprint density at radius 3 is 2.94 bits per heavy atom. The number of hydrogen-bond donors (Lipinski definition) is 1. The molecule has 2 fully saturated rings. The molecule has 2 aliphatic rings. The van der Waals surface area contributed by atoms with E-state index in [9.17, 15) is 0 Å². The smallest absolute Gasteiger partial charge is 0.0244 e. The zero-order valence-corrected chi connectivity index (χ0v) is 11.2. The quantitative estimate of drug-likeness (QED) is 0.835. The van der Waals surface area contributed by atoms with Crippen molar-refractivity contribution in [3.63, 3.8) is 0 Å². The molecule has 1 aromatic heterocycles. The molecule has 0 aromatic carbocycles. The minimum Gasteiger partial charge on any atom is -0.314 e. The second kappa shape index (κ2) is 5.51. The normalized spacial score (nSPS) is 24.6. The number of hydrogen-bond acceptors (Lipinski definition) is 3. The lowest BCUT2D eigenvalue weighted by molar-refractivity contribution is 0.242. The van der Waals surface area contributed by atoms with E-state index in [-0.39, 0.29) is 0 Å². The minimum absolute atomic E-state index is 0.790. The first-order valence-corrected chi connectivity index (χ1v) is 7.84. The highest BCUT2D eigenvalue weighted by atomic mass is 32.1. The summed E-state index contributed by atoms with van der Waals surface area (Å²) in [6.07, 6.45) is 6.93. The van der Waals surface area contributed by atoms with E-state index in [1.54, 1.807) is 0 Å². The van der Waals surface area contributed by atoms with Crippen molar-refractivity contribution in [1.29, 1.82) is 0 Å². The molecule has 94 valence electrons. The maximum Gasteiger partial charge on any atom is 0.0244 e. The first kappa shape index (κ1) is 11.7. The monoisotopic (exact) mass is 250 g/mol. The van der Waals surface area contributed by atoms with Gasteiger partial charge in [0.25, 0.3) is 0 Å². The third-order valence-corrected chi connectivity index (χ3v) is 4.69. The largest absolute Gasteiger partial charge is 0.314 e. The second-order valence-corrected chi connectivity index (χ2v) is 6.20. The predicted octanol–water partition coefficient (Wildman–Crippen LogP) is 2.85. The summed E-state index contributed by atoms with van der Waals surface area (Å²) in [7, 11) is 0. The van der Waals surface area contributed by atoms with Crippen LogP contribution in [0.4, 0.5) is 0 Å². The lowest BCUT2D eigenvalue weighted by Gasteiger charge is -2.23.